The number of methoxy groups -OCH3 is 1. The standard InChI is InChI=1S/C50H51ClO10/c1-25(2)13-12-20-48(8)21-19-31-40(59-48)30(17-16-26(3)4)43-37(42(31)57-34(52)24-51)44-38-35(36-39(53)28-14-10-11-15-29(28)41(36)58-44)32-23-33-47(6,7)61-49(45(32)54,50(33,38)60-43)22-18-27(5)46(55)56-9/h10-11,13-16,18-19,21,32-33,35H,12,17,20,22-24H2,1-9H3. The number of benzene rings is 2. The Bertz CT molecular complexity index is 2560. The summed E-state index contributed by atoms with van der Waals surface area (Å²) in [5.41, 5.74) is 1.33. The Hall–Kier alpha value is -5.19. The van der Waals surface area contributed by atoms with E-state index < -0.39 is 58.0 Å². The number of alkyl halides is 1. The van der Waals surface area contributed by atoms with Gasteiger partial charge in [-0.1, -0.05) is 53.6 Å². The minimum atomic E-state index is -1.67. The first-order chi connectivity index (χ1) is 28.9. The summed E-state index contributed by atoms with van der Waals surface area (Å²) in [4.78, 5) is 56.6. The Morgan fingerprint density at radius 1 is 0.934 bits per heavy atom. The Kier molecular flexibility index (Phi) is 9.57. The molecule has 1 spiro atoms. The predicted molar refractivity (Wildman–Crippen MR) is 230 cm³/mol. The zero-order valence-corrected chi connectivity index (χ0v) is 36.9. The van der Waals surface area contributed by atoms with Crippen molar-refractivity contribution in [2.45, 2.75) is 110 Å². The van der Waals surface area contributed by atoms with E-state index in [9.17, 15) is 14.4 Å². The largest absolute Gasteiger partial charge is 0.482 e. The fourth-order valence-electron chi connectivity index (χ4n) is 11.1. The third-order valence-electron chi connectivity index (χ3n) is 13.7. The molecule has 2 aromatic rings. The summed E-state index contributed by atoms with van der Waals surface area (Å²) in [7, 11) is 1.31. The van der Waals surface area contributed by atoms with Crippen molar-refractivity contribution in [1.82, 2.24) is 0 Å². The van der Waals surface area contributed by atoms with Crippen molar-refractivity contribution in [3.8, 4) is 17.2 Å². The highest BCUT2D eigenvalue weighted by atomic mass is 35.5. The quantitative estimate of drug-likeness (QED) is 0.0751. The number of allylic oxidation sites excluding steroid dienone is 5. The Balaban J connectivity index is 1.39. The molecule has 6 unspecified atom stereocenters. The van der Waals surface area contributed by atoms with Gasteiger partial charge in [-0.15, -0.1) is 11.6 Å². The van der Waals surface area contributed by atoms with Gasteiger partial charge < -0.3 is 28.4 Å². The van der Waals surface area contributed by atoms with Crippen molar-refractivity contribution in [2.24, 2.45) is 17.8 Å². The summed E-state index contributed by atoms with van der Waals surface area (Å²) in [6.45, 7) is 15.8. The summed E-state index contributed by atoms with van der Waals surface area (Å²) in [6.07, 6.45) is 12.0. The smallest absolute Gasteiger partial charge is 0.333 e. The van der Waals surface area contributed by atoms with Crippen molar-refractivity contribution in [2.75, 3.05) is 13.0 Å². The minimum absolute atomic E-state index is 0.0217. The number of esters is 2. The zero-order valence-electron chi connectivity index (χ0n) is 36.1. The highest BCUT2D eigenvalue weighted by Crippen LogP contribution is 2.75. The molecule has 3 saturated carbocycles. The van der Waals surface area contributed by atoms with Crippen LogP contribution in [0.3, 0.4) is 0 Å². The van der Waals surface area contributed by atoms with E-state index in [1.807, 2.05) is 65.0 Å². The molecule has 0 radical (unpaired) electrons. The van der Waals surface area contributed by atoms with Crippen LogP contribution in [0.25, 0.3) is 17.6 Å². The van der Waals surface area contributed by atoms with E-state index in [4.69, 9.17) is 40.0 Å². The van der Waals surface area contributed by atoms with Gasteiger partial charge >= 0.3 is 11.9 Å². The lowest BCUT2D eigenvalue weighted by atomic mass is 9.45. The lowest BCUT2D eigenvalue weighted by Crippen LogP contribution is -2.75. The first-order valence-corrected chi connectivity index (χ1v) is 21.6. The normalized spacial score (nSPS) is 29.0. The molecule has 1 saturated heterocycles. The van der Waals surface area contributed by atoms with E-state index in [-0.39, 0.29) is 23.7 Å². The number of ether oxygens (including phenoxy) is 6. The number of hydrogen-bond acceptors (Lipinski definition) is 10. The summed E-state index contributed by atoms with van der Waals surface area (Å²) >= 11 is 6.18. The minimum Gasteiger partial charge on any atom is -0.482 e. The summed E-state index contributed by atoms with van der Waals surface area (Å²) in [5, 5.41) is 0. The van der Waals surface area contributed by atoms with Crippen LogP contribution < -0.4 is 14.2 Å². The van der Waals surface area contributed by atoms with Gasteiger partial charge in [0.2, 0.25) is 0 Å². The third-order valence-corrected chi connectivity index (χ3v) is 13.9. The van der Waals surface area contributed by atoms with Crippen molar-refractivity contribution >= 4 is 52.7 Å². The molecule has 6 atom stereocenters. The Morgan fingerprint density at radius 2 is 1.66 bits per heavy atom. The van der Waals surface area contributed by atoms with E-state index in [1.54, 1.807) is 19.1 Å². The number of ketones is 2. The van der Waals surface area contributed by atoms with Gasteiger partial charge in [-0.2, -0.15) is 0 Å². The topological polar surface area (TPSA) is 124 Å². The lowest BCUT2D eigenvalue weighted by molar-refractivity contribution is -0.181. The number of carbonyl (C=O) groups is 4. The van der Waals surface area contributed by atoms with Gasteiger partial charge in [0.05, 0.1) is 23.8 Å². The maximum absolute atomic E-state index is 15.7. The number of Topliss-reactive ketones (excluding diaryl/α,β-unsaturated/α-hetero) is 2. The molecular weight excluding hydrogens is 796 g/mol. The van der Waals surface area contributed by atoms with Crippen LogP contribution in [0.1, 0.15) is 114 Å². The van der Waals surface area contributed by atoms with Crippen molar-refractivity contribution in [1.29, 1.82) is 0 Å². The van der Waals surface area contributed by atoms with Crippen molar-refractivity contribution in [3.63, 3.8) is 0 Å². The van der Waals surface area contributed by atoms with Gasteiger partial charge in [0.15, 0.2) is 28.5 Å². The highest BCUT2D eigenvalue weighted by molar-refractivity contribution is 6.26. The molecule has 0 amide bonds. The van der Waals surface area contributed by atoms with Gasteiger partial charge in [0.25, 0.3) is 0 Å². The van der Waals surface area contributed by atoms with E-state index in [0.29, 0.717) is 86.8 Å². The number of halogens is 1. The molecule has 61 heavy (non-hydrogen) atoms. The molecule has 4 fully saturated rings. The van der Waals surface area contributed by atoms with Crippen LogP contribution >= 0.6 is 11.6 Å². The zero-order chi connectivity index (χ0) is 43.6. The number of carbonyl (C=O) groups excluding carboxylic acids is 4. The Labute approximate surface area is 361 Å². The summed E-state index contributed by atoms with van der Waals surface area (Å²) < 4.78 is 40.6. The first kappa shape index (κ1) is 41.2. The second-order valence-corrected chi connectivity index (χ2v) is 18.8. The molecule has 10 nitrogen and oxygen atoms in total. The van der Waals surface area contributed by atoms with Crippen LogP contribution in [0.4, 0.5) is 0 Å². The average Bonchev–Trinajstić information content (AvgIpc) is 3.58. The van der Waals surface area contributed by atoms with E-state index in [2.05, 4.69) is 26.0 Å². The van der Waals surface area contributed by atoms with Crippen LogP contribution in [0.2, 0.25) is 0 Å². The second kappa shape index (κ2) is 14.2. The van der Waals surface area contributed by atoms with Crippen LogP contribution in [-0.2, 0) is 35.0 Å². The first-order valence-electron chi connectivity index (χ1n) is 21.1. The number of hydrogen-bond donors (Lipinski definition) is 0. The van der Waals surface area contributed by atoms with Gasteiger partial charge in [-0.3, -0.25) is 14.4 Å². The molecule has 4 aliphatic heterocycles. The fourth-order valence-corrected chi connectivity index (χ4v) is 11.1. The monoisotopic (exact) mass is 846 g/mol. The fraction of sp³-hybridized carbons (Fsp3) is 0.440. The van der Waals surface area contributed by atoms with E-state index >= 15 is 4.79 Å². The van der Waals surface area contributed by atoms with Crippen molar-refractivity contribution in [3.05, 3.63) is 104 Å². The Morgan fingerprint density at radius 3 is 2.34 bits per heavy atom. The van der Waals surface area contributed by atoms with Gasteiger partial charge in [0, 0.05) is 52.0 Å². The van der Waals surface area contributed by atoms with Crippen LogP contribution in [0.5, 0.6) is 17.2 Å². The summed E-state index contributed by atoms with van der Waals surface area (Å²) in [6, 6.07) is 7.30. The third kappa shape index (κ3) is 5.77. The molecule has 4 heterocycles. The molecule has 10 rings (SSSR count). The SMILES string of the molecule is COC(=O)C(C)=CCC12OC(C)(C)C3CC(C1=O)C1C4=C(OC5=C1C32Oc1c(CC=C(C)C)c2c(c(OC(=O)CCl)c15)C=CC(C)(CCC=C(C)C)O2)c1ccccc1C4=O. The molecule has 2 aromatic carbocycles. The molecule has 0 N–H and O–H groups in total. The van der Waals surface area contributed by atoms with Gasteiger partial charge in [-0.05, 0) is 93.2 Å². The van der Waals surface area contributed by atoms with Crippen LogP contribution in [-0.4, -0.2) is 58.9 Å². The molecule has 4 aliphatic carbocycles. The van der Waals surface area contributed by atoms with E-state index in [1.165, 1.54) is 12.7 Å². The molecule has 4 bridgehead atoms. The van der Waals surface area contributed by atoms with Gasteiger partial charge in [-0.25, -0.2) is 4.79 Å². The second-order valence-electron chi connectivity index (χ2n) is 18.6. The van der Waals surface area contributed by atoms with Crippen molar-refractivity contribution < 1.29 is 47.6 Å². The highest BCUT2D eigenvalue weighted by Gasteiger charge is 2.84. The molecule has 0 aromatic heterocycles. The summed E-state index contributed by atoms with van der Waals surface area (Å²) in [5.74, 6) is -2.29. The predicted octanol–water partition coefficient (Wildman–Crippen LogP) is 9.62. The molecule has 318 valence electrons. The molecule has 11 heteroatoms. The average molecular weight is 847 g/mol. The lowest BCUT2D eigenvalue weighted by Gasteiger charge is -2.62. The van der Waals surface area contributed by atoms with E-state index in [0.717, 1.165) is 12.0 Å². The number of rotatable bonds is 10. The maximum Gasteiger partial charge on any atom is 0.333 e. The maximum atomic E-state index is 15.7. The molecule has 8 aliphatic rings. The molecular formula is C50H51ClO10. The van der Waals surface area contributed by atoms with Gasteiger partial charge in [0.1, 0.15) is 40.1 Å². The van der Waals surface area contributed by atoms with Crippen LogP contribution in [0, 0.1) is 17.8 Å². The number of fused-ring (bicyclic) bond motifs is 5. The van der Waals surface area contributed by atoms with Crippen LogP contribution in [0.15, 0.2) is 76.4 Å².